The number of carbonyl (C=O) groups is 1. The molecule has 0 atom stereocenters. The molecule has 0 aliphatic carbocycles. The average molecular weight is 224 g/mol. The zero-order valence-corrected chi connectivity index (χ0v) is 9.26. The first-order valence-electron chi connectivity index (χ1n) is 4.32. The summed E-state index contributed by atoms with van der Waals surface area (Å²) in [5.41, 5.74) is 1.47. The molecule has 0 heterocycles. The van der Waals surface area contributed by atoms with Crippen molar-refractivity contribution in [2.45, 2.75) is 6.92 Å². The second-order valence-electron chi connectivity index (χ2n) is 3.04. The molecule has 78 valence electrons. The largest absolute Gasteiger partial charge is 0.496 e. The zero-order valence-electron chi connectivity index (χ0n) is 8.50. The van der Waals surface area contributed by atoms with Crippen molar-refractivity contribution >= 4 is 17.4 Å². The molecule has 3 nitrogen and oxygen atoms in total. The van der Waals surface area contributed by atoms with E-state index >= 15 is 0 Å². The molecule has 4 heteroatoms. The van der Waals surface area contributed by atoms with Gasteiger partial charge in [-0.2, -0.15) is 5.26 Å². The lowest BCUT2D eigenvalue weighted by Gasteiger charge is -2.08. The van der Waals surface area contributed by atoms with Gasteiger partial charge in [0.05, 0.1) is 24.6 Å². The molecular weight excluding hydrogens is 214 g/mol. The molecule has 0 aromatic heterocycles. The predicted molar refractivity (Wildman–Crippen MR) is 57.5 cm³/mol. The fourth-order valence-corrected chi connectivity index (χ4v) is 1.45. The van der Waals surface area contributed by atoms with E-state index in [1.54, 1.807) is 12.1 Å². The average Bonchev–Trinajstić information content (AvgIpc) is 2.27. The molecule has 0 N–H and O–H groups in total. The Morgan fingerprint density at radius 3 is 2.73 bits per heavy atom. The van der Waals surface area contributed by atoms with Gasteiger partial charge in [-0.1, -0.05) is 0 Å². The Morgan fingerprint density at radius 2 is 2.27 bits per heavy atom. The summed E-state index contributed by atoms with van der Waals surface area (Å²) in [6.45, 7) is 1.81. The molecule has 0 saturated carbocycles. The van der Waals surface area contributed by atoms with Crippen LogP contribution in [-0.4, -0.2) is 18.8 Å². The zero-order chi connectivity index (χ0) is 11.4. The molecule has 1 rings (SSSR count). The number of aryl methyl sites for hydroxylation is 1. The summed E-state index contributed by atoms with van der Waals surface area (Å²) < 4.78 is 5.08. The highest BCUT2D eigenvalue weighted by Crippen LogP contribution is 2.23. The van der Waals surface area contributed by atoms with Crippen LogP contribution in [0.1, 0.15) is 21.5 Å². The van der Waals surface area contributed by atoms with Gasteiger partial charge in [0.15, 0.2) is 5.78 Å². The molecule has 0 unspecified atom stereocenters. The quantitative estimate of drug-likeness (QED) is 0.584. The van der Waals surface area contributed by atoms with E-state index in [0.717, 1.165) is 5.56 Å². The highest BCUT2D eigenvalue weighted by atomic mass is 35.5. The number of nitrogens with zero attached hydrogens (tertiary/aromatic N) is 1. The number of Topliss-reactive ketones (excluding diaryl/α,β-unsaturated/α-hetero) is 1. The van der Waals surface area contributed by atoms with Gasteiger partial charge in [-0.05, 0) is 24.6 Å². The molecule has 0 fully saturated rings. The number of methoxy groups -OCH3 is 1. The van der Waals surface area contributed by atoms with Crippen molar-refractivity contribution in [1.82, 2.24) is 0 Å². The van der Waals surface area contributed by atoms with Crippen LogP contribution >= 0.6 is 11.6 Å². The number of rotatable bonds is 3. The van der Waals surface area contributed by atoms with Crippen LogP contribution in [0.4, 0.5) is 0 Å². The summed E-state index contributed by atoms with van der Waals surface area (Å²) in [6.07, 6.45) is 0. The number of halogens is 1. The smallest absolute Gasteiger partial charge is 0.179 e. The Morgan fingerprint density at radius 1 is 1.60 bits per heavy atom. The van der Waals surface area contributed by atoms with Crippen LogP contribution in [-0.2, 0) is 0 Å². The Bertz CT molecular complexity index is 435. The highest BCUT2D eigenvalue weighted by molar-refractivity contribution is 6.30. The molecule has 1 aromatic rings. The second kappa shape index (κ2) is 4.81. The second-order valence-corrected chi connectivity index (χ2v) is 3.30. The molecule has 15 heavy (non-hydrogen) atoms. The molecule has 0 saturated heterocycles. The van der Waals surface area contributed by atoms with Gasteiger partial charge in [-0.15, -0.1) is 11.6 Å². The topological polar surface area (TPSA) is 50.1 Å². The number of hydrogen-bond donors (Lipinski definition) is 0. The van der Waals surface area contributed by atoms with Gasteiger partial charge in [-0.25, -0.2) is 0 Å². The van der Waals surface area contributed by atoms with E-state index in [9.17, 15) is 4.79 Å². The number of ketones is 1. The third-order valence-corrected chi connectivity index (χ3v) is 2.32. The predicted octanol–water partition coefficient (Wildman–Crippen LogP) is 2.30. The standard InChI is InChI=1S/C11H10ClNO2/c1-7-3-8(6-13)9(10(14)5-12)4-11(7)15-2/h3-4H,5H2,1-2H3. The van der Waals surface area contributed by atoms with Crippen LogP contribution in [0.2, 0.25) is 0 Å². The van der Waals surface area contributed by atoms with Crippen LogP contribution in [0.3, 0.4) is 0 Å². The number of nitriles is 1. The third kappa shape index (κ3) is 2.28. The van der Waals surface area contributed by atoms with Gasteiger partial charge in [0.25, 0.3) is 0 Å². The van der Waals surface area contributed by atoms with E-state index in [2.05, 4.69) is 0 Å². The van der Waals surface area contributed by atoms with Crippen LogP contribution in [0.5, 0.6) is 5.75 Å². The van der Waals surface area contributed by atoms with Crippen molar-refractivity contribution in [3.8, 4) is 11.8 Å². The minimum Gasteiger partial charge on any atom is -0.496 e. The maximum Gasteiger partial charge on any atom is 0.179 e. The first-order valence-corrected chi connectivity index (χ1v) is 4.85. The Labute approximate surface area is 93.2 Å². The fraction of sp³-hybridized carbons (Fsp3) is 0.273. The van der Waals surface area contributed by atoms with Crippen molar-refractivity contribution in [2.24, 2.45) is 0 Å². The van der Waals surface area contributed by atoms with E-state index in [-0.39, 0.29) is 11.7 Å². The van der Waals surface area contributed by atoms with Gasteiger partial charge in [0, 0.05) is 5.56 Å². The monoisotopic (exact) mass is 223 g/mol. The lowest BCUT2D eigenvalue weighted by atomic mass is 10.0. The first-order chi connectivity index (χ1) is 7.13. The Balaban J connectivity index is 3.37. The van der Waals surface area contributed by atoms with Crippen molar-refractivity contribution in [3.05, 3.63) is 28.8 Å². The van der Waals surface area contributed by atoms with E-state index in [1.807, 2.05) is 13.0 Å². The summed E-state index contributed by atoms with van der Waals surface area (Å²) in [7, 11) is 1.52. The van der Waals surface area contributed by atoms with Crippen molar-refractivity contribution in [3.63, 3.8) is 0 Å². The van der Waals surface area contributed by atoms with Crippen molar-refractivity contribution < 1.29 is 9.53 Å². The third-order valence-electron chi connectivity index (χ3n) is 2.08. The summed E-state index contributed by atoms with van der Waals surface area (Å²) in [4.78, 5) is 11.4. The minimum absolute atomic E-state index is 0.138. The maximum atomic E-state index is 11.4. The van der Waals surface area contributed by atoms with E-state index in [1.165, 1.54) is 7.11 Å². The summed E-state index contributed by atoms with van der Waals surface area (Å²) in [6, 6.07) is 5.15. The fourth-order valence-electron chi connectivity index (χ4n) is 1.30. The lowest BCUT2D eigenvalue weighted by molar-refractivity contribution is 0.102. The Kier molecular flexibility index (Phi) is 3.70. The number of hydrogen-bond acceptors (Lipinski definition) is 3. The Hall–Kier alpha value is -1.53. The number of benzene rings is 1. The van der Waals surface area contributed by atoms with Gasteiger partial charge in [-0.3, -0.25) is 4.79 Å². The molecule has 0 amide bonds. The maximum absolute atomic E-state index is 11.4. The van der Waals surface area contributed by atoms with E-state index in [4.69, 9.17) is 21.6 Å². The minimum atomic E-state index is -0.272. The lowest BCUT2D eigenvalue weighted by Crippen LogP contribution is -2.04. The van der Waals surface area contributed by atoms with Crippen LogP contribution in [0.15, 0.2) is 12.1 Å². The molecule has 0 aliphatic heterocycles. The van der Waals surface area contributed by atoms with Gasteiger partial charge >= 0.3 is 0 Å². The van der Waals surface area contributed by atoms with Crippen LogP contribution < -0.4 is 4.74 Å². The SMILES string of the molecule is COc1cc(C(=O)CCl)c(C#N)cc1C. The first kappa shape index (κ1) is 11.5. The van der Waals surface area contributed by atoms with Gasteiger partial charge in [0.1, 0.15) is 5.75 Å². The number of ether oxygens (including phenoxy) is 1. The summed E-state index contributed by atoms with van der Waals surface area (Å²) >= 11 is 5.45. The molecule has 1 aromatic carbocycles. The van der Waals surface area contributed by atoms with Gasteiger partial charge < -0.3 is 4.74 Å². The normalized spacial score (nSPS) is 9.47. The van der Waals surface area contributed by atoms with Crippen molar-refractivity contribution in [1.29, 1.82) is 5.26 Å². The summed E-state index contributed by atoms with van der Waals surface area (Å²) in [5.74, 6) is 0.176. The number of carbonyl (C=O) groups excluding carboxylic acids is 1. The molecule has 0 radical (unpaired) electrons. The number of alkyl halides is 1. The van der Waals surface area contributed by atoms with Gasteiger partial charge in [0.2, 0.25) is 0 Å². The van der Waals surface area contributed by atoms with Crippen LogP contribution in [0, 0.1) is 18.3 Å². The van der Waals surface area contributed by atoms with Crippen molar-refractivity contribution in [2.75, 3.05) is 13.0 Å². The molecule has 0 bridgehead atoms. The van der Waals surface area contributed by atoms with E-state index in [0.29, 0.717) is 16.9 Å². The van der Waals surface area contributed by atoms with Crippen LogP contribution in [0.25, 0.3) is 0 Å². The summed E-state index contributed by atoms with van der Waals surface area (Å²) in [5, 5.41) is 8.86. The molecule has 0 aliphatic rings. The highest BCUT2D eigenvalue weighted by Gasteiger charge is 2.13. The molecule has 0 spiro atoms. The van der Waals surface area contributed by atoms with E-state index < -0.39 is 0 Å². The molecular formula is C11H10ClNO2.